The minimum Gasteiger partial charge on any atom is -0.353 e. The average molecular weight is 341 g/mol. The van der Waals surface area contributed by atoms with Crippen LogP contribution in [0.1, 0.15) is 10.5 Å². The van der Waals surface area contributed by atoms with Crippen molar-refractivity contribution < 1.29 is 4.79 Å². The molecule has 3 aromatic heterocycles. The summed E-state index contributed by atoms with van der Waals surface area (Å²) in [5.74, 6) is 1.21. The van der Waals surface area contributed by atoms with Gasteiger partial charge in [-0.2, -0.15) is 5.10 Å². The van der Waals surface area contributed by atoms with Crippen LogP contribution in [0.25, 0.3) is 5.82 Å². The van der Waals surface area contributed by atoms with Gasteiger partial charge in [-0.05, 0) is 0 Å². The van der Waals surface area contributed by atoms with Crippen LogP contribution in [0.3, 0.4) is 0 Å². The molecular weight excluding hydrogens is 326 g/mol. The van der Waals surface area contributed by atoms with Crippen LogP contribution in [-0.4, -0.2) is 71.7 Å². The topological polar surface area (TPSA) is 129 Å². The molecule has 0 saturated carbocycles. The second-order valence-electron chi connectivity index (χ2n) is 5.51. The molecule has 1 saturated heterocycles. The molecule has 2 N–H and O–H groups in total. The van der Waals surface area contributed by atoms with Crippen molar-refractivity contribution in [2.24, 2.45) is 0 Å². The number of piperazine rings is 1. The van der Waals surface area contributed by atoms with Crippen LogP contribution < -0.4 is 10.6 Å². The zero-order valence-corrected chi connectivity index (χ0v) is 13.2. The molecule has 1 fully saturated rings. The first-order chi connectivity index (χ1) is 12.2. The molecule has 128 valence electrons. The van der Waals surface area contributed by atoms with Gasteiger partial charge in [-0.3, -0.25) is 4.79 Å². The molecule has 4 rings (SSSR count). The highest BCUT2D eigenvalue weighted by Gasteiger charge is 2.24. The Bertz CT molecular complexity index is 922. The van der Waals surface area contributed by atoms with Crippen molar-refractivity contribution >= 4 is 11.7 Å². The van der Waals surface area contributed by atoms with Crippen LogP contribution in [0.4, 0.5) is 5.82 Å². The van der Waals surface area contributed by atoms with Crippen molar-refractivity contribution in [3.05, 3.63) is 47.4 Å². The molecule has 4 heterocycles. The molecule has 0 spiro atoms. The number of rotatable bonds is 3. The number of hydrogen-bond acceptors (Lipinski definition) is 7. The van der Waals surface area contributed by atoms with Gasteiger partial charge in [0.05, 0.1) is 0 Å². The molecule has 0 aliphatic carbocycles. The number of H-pyrrole nitrogens is 2. The zero-order chi connectivity index (χ0) is 17.2. The quantitative estimate of drug-likeness (QED) is 0.627. The second-order valence-corrected chi connectivity index (χ2v) is 5.51. The van der Waals surface area contributed by atoms with Gasteiger partial charge in [0.25, 0.3) is 5.91 Å². The summed E-state index contributed by atoms with van der Waals surface area (Å²) in [6, 6.07) is 1.83. The summed E-state index contributed by atoms with van der Waals surface area (Å²) in [6.07, 6.45) is 5.89. The maximum Gasteiger partial charge on any atom is 0.323 e. The molecule has 0 aromatic carbocycles. The molecule has 0 radical (unpaired) electrons. The molecule has 0 atom stereocenters. The Hall–Kier alpha value is -3.50. The highest BCUT2D eigenvalue weighted by molar-refractivity contribution is 5.92. The molecule has 0 unspecified atom stereocenters. The van der Waals surface area contributed by atoms with E-state index in [0.29, 0.717) is 32.0 Å². The highest BCUT2D eigenvalue weighted by atomic mass is 16.2. The van der Waals surface area contributed by atoms with Gasteiger partial charge >= 0.3 is 5.69 Å². The number of carbonyl (C=O) groups is 1. The number of carbonyl (C=O) groups excluding carboxylic acids is 1. The number of hydrogen-bond donors (Lipinski definition) is 2. The van der Waals surface area contributed by atoms with Gasteiger partial charge in [-0.15, -0.1) is 0 Å². The summed E-state index contributed by atoms with van der Waals surface area (Å²) < 4.78 is 1.56. The van der Waals surface area contributed by atoms with Crippen LogP contribution in [0, 0.1) is 0 Å². The Labute approximate surface area is 141 Å². The number of imidazole rings is 1. The SMILES string of the molecule is O=C(c1c[nH]c(=O)[nH]1)N1CCN(c2cc(-n3cncn3)ncn2)CC1. The molecule has 1 aliphatic rings. The van der Waals surface area contributed by atoms with Crippen molar-refractivity contribution in [1.82, 2.24) is 39.6 Å². The van der Waals surface area contributed by atoms with Gasteiger partial charge < -0.3 is 19.8 Å². The van der Waals surface area contributed by atoms with Crippen molar-refractivity contribution in [2.45, 2.75) is 0 Å². The average Bonchev–Trinajstić information content (AvgIpc) is 3.33. The van der Waals surface area contributed by atoms with E-state index in [1.165, 1.54) is 18.9 Å². The predicted molar refractivity (Wildman–Crippen MR) is 86.5 cm³/mol. The minimum absolute atomic E-state index is 0.191. The monoisotopic (exact) mass is 341 g/mol. The van der Waals surface area contributed by atoms with E-state index in [2.05, 4.69) is 34.9 Å². The van der Waals surface area contributed by atoms with Gasteiger partial charge in [0, 0.05) is 38.4 Å². The van der Waals surface area contributed by atoms with Crippen molar-refractivity contribution in [3.8, 4) is 5.82 Å². The highest BCUT2D eigenvalue weighted by Crippen LogP contribution is 2.16. The van der Waals surface area contributed by atoms with Crippen LogP contribution in [0.2, 0.25) is 0 Å². The van der Waals surface area contributed by atoms with Gasteiger partial charge in [0.2, 0.25) is 0 Å². The number of aromatic nitrogens is 7. The van der Waals surface area contributed by atoms with E-state index in [9.17, 15) is 9.59 Å². The Morgan fingerprint density at radius 2 is 1.88 bits per heavy atom. The minimum atomic E-state index is -0.386. The fraction of sp³-hybridized carbons (Fsp3) is 0.286. The number of amides is 1. The summed E-state index contributed by atoms with van der Waals surface area (Å²) in [4.78, 5) is 44.6. The number of aromatic amines is 2. The lowest BCUT2D eigenvalue weighted by molar-refractivity contribution is 0.0741. The summed E-state index contributed by atoms with van der Waals surface area (Å²) >= 11 is 0. The van der Waals surface area contributed by atoms with E-state index >= 15 is 0 Å². The molecule has 0 bridgehead atoms. The summed E-state index contributed by atoms with van der Waals surface area (Å²) in [5, 5.41) is 4.06. The van der Waals surface area contributed by atoms with Crippen LogP contribution in [0.15, 0.2) is 36.0 Å². The van der Waals surface area contributed by atoms with Crippen molar-refractivity contribution in [1.29, 1.82) is 0 Å². The molecular formula is C14H15N9O2. The van der Waals surface area contributed by atoms with E-state index < -0.39 is 0 Å². The predicted octanol–water partition coefficient (Wildman–Crippen LogP) is -0.964. The number of nitrogens with one attached hydrogen (secondary N) is 2. The fourth-order valence-electron chi connectivity index (χ4n) is 2.72. The lowest BCUT2D eigenvalue weighted by Gasteiger charge is -2.35. The van der Waals surface area contributed by atoms with Crippen LogP contribution in [0.5, 0.6) is 0 Å². The molecule has 1 amide bonds. The van der Waals surface area contributed by atoms with Crippen molar-refractivity contribution in [3.63, 3.8) is 0 Å². The van der Waals surface area contributed by atoms with Crippen molar-refractivity contribution in [2.75, 3.05) is 31.1 Å². The maximum absolute atomic E-state index is 12.3. The molecule has 1 aliphatic heterocycles. The lowest BCUT2D eigenvalue weighted by Crippen LogP contribution is -2.49. The van der Waals surface area contributed by atoms with Gasteiger partial charge in [0.1, 0.15) is 30.5 Å². The Morgan fingerprint density at radius 1 is 1.08 bits per heavy atom. The summed E-state index contributed by atoms with van der Waals surface area (Å²) in [5.41, 5.74) is -0.113. The first kappa shape index (κ1) is 15.1. The maximum atomic E-state index is 12.3. The Kier molecular flexibility index (Phi) is 3.72. The largest absolute Gasteiger partial charge is 0.353 e. The Morgan fingerprint density at radius 3 is 2.56 bits per heavy atom. The molecule has 3 aromatic rings. The van der Waals surface area contributed by atoms with E-state index in [-0.39, 0.29) is 17.3 Å². The van der Waals surface area contributed by atoms with E-state index in [1.54, 1.807) is 15.9 Å². The van der Waals surface area contributed by atoms with Crippen LogP contribution in [-0.2, 0) is 0 Å². The van der Waals surface area contributed by atoms with Gasteiger partial charge in [-0.25, -0.2) is 24.4 Å². The standard InChI is InChI=1S/C14H15N9O2/c24-13(10-6-16-14(25)20-10)22-3-1-21(2-4-22)11-5-12(18-8-17-11)23-9-15-7-19-23/h5-9H,1-4H2,(H2,16,20,25). The lowest BCUT2D eigenvalue weighted by atomic mass is 10.3. The number of nitrogens with zero attached hydrogens (tertiary/aromatic N) is 7. The first-order valence-electron chi connectivity index (χ1n) is 7.70. The third-order valence-corrected chi connectivity index (χ3v) is 4.01. The summed E-state index contributed by atoms with van der Waals surface area (Å²) in [7, 11) is 0. The zero-order valence-electron chi connectivity index (χ0n) is 13.2. The van der Waals surface area contributed by atoms with Crippen LogP contribution >= 0.6 is 0 Å². The molecule has 11 heteroatoms. The van der Waals surface area contributed by atoms with Gasteiger partial charge in [-0.1, -0.05) is 0 Å². The molecule has 25 heavy (non-hydrogen) atoms. The third-order valence-electron chi connectivity index (χ3n) is 4.01. The van der Waals surface area contributed by atoms with E-state index in [4.69, 9.17) is 0 Å². The first-order valence-corrected chi connectivity index (χ1v) is 7.70. The van der Waals surface area contributed by atoms with E-state index in [1.807, 2.05) is 6.07 Å². The summed E-state index contributed by atoms with van der Waals surface area (Å²) in [6.45, 7) is 2.34. The van der Waals surface area contributed by atoms with E-state index in [0.717, 1.165) is 5.82 Å². The number of anilines is 1. The molecule has 11 nitrogen and oxygen atoms in total. The third kappa shape index (κ3) is 2.98. The van der Waals surface area contributed by atoms with Gasteiger partial charge in [0.15, 0.2) is 5.82 Å². The normalized spacial score (nSPS) is 14.7. The second kappa shape index (κ2) is 6.19. The Balaban J connectivity index is 1.44. The smallest absolute Gasteiger partial charge is 0.323 e. The fourth-order valence-corrected chi connectivity index (χ4v) is 2.72.